The van der Waals surface area contributed by atoms with Crippen LogP contribution in [0.3, 0.4) is 0 Å². The van der Waals surface area contributed by atoms with E-state index in [0.717, 1.165) is 4.47 Å². The molecule has 0 fully saturated rings. The largest absolute Gasteiger partial charge is 0.497 e. The molecular formula is C31H28BrN3O6S. The fourth-order valence-corrected chi connectivity index (χ4v) is 6.27. The van der Waals surface area contributed by atoms with Crippen LogP contribution in [0.4, 0.5) is 5.69 Å². The maximum atomic E-state index is 14.1. The number of benzene rings is 3. The maximum Gasteiger partial charge on any atom is 0.271 e. The molecule has 2 heterocycles. The van der Waals surface area contributed by atoms with Crippen molar-refractivity contribution in [3.8, 4) is 23.0 Å². The Morgan fingerprint density at radius 1 is 0.952 bits per heavy atom. The molecule has 42 heavy (non-hydrogen) atoms. The number of hydrogen-bond acceptors (Lipinski definition) is 8. The molecule has 0 radical (unpaired) electrons. The highest BCUT2D eigenvalue weighted by atomic mass is 79.9. The highest BCUT2D eigenvalue weighted by Gasteiger charge is 2.34. The fraction of sp³-hybridized carbons (Fsp3) is 0.194. The first-order chi connectivity index (χ1) is 20.3. The summed E-state index contributed by atoms with van der Waals surface area (Å²) in [5, 5.41) is 2.96. The van der Waals surface area contributed by atoms with Crippen LogP contribution >= 0.6 is 27.3 Å². The second-order valence-electron chi connectivity index (χ2n) is 9.24. The van der Waals surface area contributed by atoms with Crippen molar-refractivity contribution in [3.05, 3.63) is 107 Å². The van der Waals surface area contributed by atoms with Gasteiger partial charge in [0.15, 0.2) is 16.3 Å². The number of halogens is 1. The molecule has 1 aromatic heterocycles. The fourth-order valence-electron chi connectivity index (χ4n) is 4.79. The Labute approximate surface area is 254 Å². The third-order valence-corrected chi connectivity index (χ3v) is 8.49. The molecule has 1 atom stereocenters. The van der Waals surface area contributed by atoms with Gasteiger partial charge in [-0.2, -0.15) is 0 Å². The van der Waals surface area contributed by atoms with Gasteiger partial charge in [0.2, 0.25) is 0 Å². The third kappa shape index (κ3) is 5.45. The molecule has 0 aliphatic carbocycles. The summed E-state index contributed by atoms with van der Waals surface area (Å²) in [7, 11) is 6.21. The summed E-state index contributed by atoms with van der Waals surface area (Å²) in [4.78, 5) is 33.1. The van der Waals surface area contributed by atoms with Crippen molar-refractivity contribution in [1.82, 2.24) is 4.57 Å². The van der Waals surface area contributed by atoms with Crippen LogP contribution in [-0.4, -0.2) is 38.9 Å². The first-order valence-electron chi connectivity index (χ1n) is 12.8. The molecule has 1 aliphatic rings. The van der Waals surface area contributed by atoms with E-state index in [1.54, 1.807) is 81.4 Å². The second-order valence-corrected chi connectivity index (χ2v) is 11.1. The zero-order valence-electron chi connectivity index (χ0n) is 23.6. The van der Waals surface area contributed by atoms with E-state index in [2.05, 4.69) is 21.2 Å². The summed E-state index contributed by atoms with van der Waals surface area (Å²) in [5.74, 6) is 1.76. The number of nitrogens with zero attached hydrogens (tertiary/aromatic N) is 2. The van der Waals surface area contributed by atoms with E-state index >= 15 is 0 Å². The minimum absolute atomic E-state index is 0.305. The predicted octanol–water partition coefficient (Wildman–Crippen LogP) is 4.67. The van der Waals surface area contributed by atoms with Gasteiger partial charge in [0.05, 0.1) is 44.2 Å². The summed E-state index contributed by atoms with van der Waals surface area (Å²) in [5.41, 5.74) is 2.47. The number of carbonyl (C=O) groups is 1. The normalized spacial score (nSPS) is 14.6. The summed E-state index contributed by atoms with van der Waals surface area (Å²) in [6.07, 6.45) is 1.77. The lowest BCUT2D eigenvalue weighted by Crippen LogP contribution is -2.40. The molecule has 11 heteroatoms. The molecule has 0 unspecified atom stereocenters. The number of ether oxygens (including phenoxy) is 4. The van der Waals surface area contributed by atoms with Crippen LogP contribution in [0.2, 0.25) is 0 Å². The third-order valence-electron chi connectivity index (χ3n) is 6.82. The number of rotatable bonds is 8. The Morgan fingerprint density at radius 3 is 2.31 bits per heavy atom. The number of allylic oxidation sites excluding steroid dienone is 1. The second kappa shape index (κ2) is 12.3. The van der Waals surface area contributed by atoms with E-state index in [4.69, 9.17) is 23.9 Å². The predicted molar refractivity (Wildman–Crippen MR) is 166 cm³/mol. The quantitative estimate of drug-likeness (QED) is 0.298. The Kier molecular flexibility index (Phi) is 8.51. The van der Waals surface area contributed by atoms with Gasteiger partial charge in [0.1, 0.15) is 17.5 Å². The van der Waals surface area contributed by atoms with Crippen molar-refractivity contribution in [1.29, 1.82) is 0 Å². The van der Waals surface area contributed by atoms with Crippen LogP contribution in [0.25, 0.3) is 6.08 Å². The Hall–Kier alpha value is -4.35. The summed E-state index contributed by atoms with van der Waals surface area (Å²) >= 11 is 4.81. The summed E-state index contributed by atoms with van der Waals surface area (Å²) in [6.45, 7) is 1.77. The average Bonchev–Trinajstić information content (AvgIpc) is 3.31. The summed E-state index contributed by atoms with van der Waals surface area (Å²) in [6, 6.07) is 17.2. The molecule has 0 saturated heterocycles. The van der Waals surface area contributed by atoms with Crippen molar-refractivity contribution in [3.63, 3.8) is 0 Å². The lowest BCUT2D eigenvalue weighted by molar-refractivity contribution is -0.113. The van der Waals surface area contributed by atoms with Gasteiger partial charge in [-0.15, -0.1) is 0 Å². The highest BCUT2D eigenvalue weighted by Crippen LogP contribution is 2.38. The number of amides is 1. The lowest BCUT2D eigenvalue weighted by Gasteiger charge is -2.26. The smallest absolute Gasteiger partial charge is 0.271 e. The SMILES string of the molecule is COc1ccc([C@@H]2C(C(=O)Nc3ccccc3)=C(C)N=c3s/c(=C\c4cc(OC)c(OC)cc4Br)c(=O)n32)c(OC)c1. The number of carbonyl (C=O) groups excluding carboxylic acids is 1. The summed E-state index contributed by atoms with van der Waals surface area (Å²) < 4.78 is 24.7. The van der Waals surface area contributed by atoms with Gasteiger partial charge in [-0.1, -0.05) is 45.5 Å². The number of hydrogen-bond donors (Lipinski definition) is 1. The molecule has 4 aromatic rings. The minimum atomic E-state index is -0.818. The van der Waals surface area contributed by atoms with Crippen LogP contribution in [0, 0.1) is 0 Å². The molecule has 9 nitrogen and oxygen atoms in total. The van der Waals surface area contributed by atoms with Gasteiger partial charge in [0, 0.05) is 21.8 Å². The lowest BCUT2D eigenvalue weighted by atomic mass is 9.94. The number of fused-ring (bicyclic) bond motifs is 1. The van der Waals surface area contributed by atoms with Crippen molar-refractivity contribution < 1.29 is 23.7 Å². The Balaban J connectivity index is 1.73. The van der Waals surface area contributed by atoms with Crippen LogP contribution in [0.5, 0.6) is 23.0 Å². The highest BCUT2D eigenvalue weighted by molar-refractivity contribution is 9.10. The van der Waals surface area contributed by atoms with Gasteiger partial charge in [-0.3, -0.25) is 14.2 Å². The van der Waals surface area contributed by atoms with Gasteiger partial charge in [-0.05, 0) is 55.0 Å². The van der Waals surface area contributed by atoms with Gasteiger partial charge < -0.3 is 24.3 Å². The topological polar surface area (TPSA) is 100 Å². The zero-order valence-corrected chi connectivity index (χ0v) is 26.0. The number of aromatic nitrogens is 1. The molecule has 216 valence electrons. The van der Waals surface area contributed by atoms with E-state index in [-0.39, 0.29) is 11.5 Å². The van der Waals surface area contributed by atoms with E-state index in [9.17, 15) is 9.59 Å². The van der Waals surface area contributed by atoms with Crippen molar-refractivity contribution in [2.75, 3.05) is 33.8 Å². The van der Waals surface area contributed by atoms with Crippen LogP contribution in [0.15, 0.2) is 86.2 Å². The van der Waals surface area contributed by atoms with Gasteiger partial charge in [-0.25, -0.2) is 4.99 Å². The Bertz CT molecular complexity index is 1880. The zero-order chi connectivity index (χ0) is 30.0. The first-order valence-corrected chi connectivity index (χ1v) is 14.4. The number of nitrogens with one attached hydrogen (secondary N) is 1. The monoisotopic (exact) mass is 649 g/mol. The molecule has 1 N–H and O–H groups in total. The van der Waals surface area contributed by atoms with Crippen LogP contribution in [-0.2, 0) is 4.79 Å². The van der Waals surface area contributed by atoms with E-state index in [1.165, 1.54) is 18.4 Å². The van der Waals surface area contributed by atoms with Crippen LogP contribution < -0.4 is 39.2 Å². The number of methoxy groups -OCH3 is 4. The standard InChI is InChI=1S/C31H28BrN3O6S/c1-17-27(29(36)34-19-9-7-6-8-10-19)28(21-12-11-20(38-2)15-23(21)39-3)35-30(37)26(42-31(35)33-17)14-18-13-24(40-4)25(41-5)16-22(18)32/h6-16,28H,1-5H3,(H,34,36)/b26-14-/t28-/m1/s1. The first kappa shape index (κ1) is 29.2. The molecular weight excluding hydrogens is 622 g/mol. The van der Waals surface area contributed by atoms with E-state index in [0.29, 0.717) is 60.4 Å². The van der Waals surface area contributed by atoms with Crippen molar-refractivity contribution >= 4 is 44.9 Å². The molecule has 5 rings (SSSR count). The van der Waals surface area contributed by atoms with Gasteiger partial charge >= 0.3 is 0 Å². The van der Waals surface area contributed by atoms with Crippen molar-refractivity contribution in [2.24, 2.45) is 4.99 Å². The van der Waals surface area contributed by atoms with Crippen LogP contribution in [0.1, 0.15) is 24.1 Å². The molecule has 0 bridgehead atoms. The van der Waals surface area contributed by atoms with Gasteiger partial charge in [0.25, 0.3) is 11.5 Å². The minimum Gasteiger partial charge on any atom is -0.497 e. The molecule has 3 aromatic carbocycles. The van der Waals surface area contributed by atoms with E-state index in [1.807, 2.05) is 18.2 Å². The molecule has 0 saturated carbocycles. The Morgan fingerprint density at radius 2 is 1.64 bits per heavy atom. The molecule has 1 amide bonds. The number of para-hydroxylation sites is 1. The maximum absolute atomic E-state index is 14.1. The van der Waals surface area contributed by atoms with Crippen molar-refractivity contribution in [2.45, 2.75) is 13.0 Å². The average molecular weight is 651 g/mol. The molecule has 1 aliphatic heterocycles. The number of anilines is 1. The molecule has 0 spiro atoms. The van der Waals surface area contributed by atoms with E-state index < -0.39 is 6.04 Å². The number of thiazole rings is 1.